The van der Waals surface area contributed by atoms with Crippen LogP contribution in [0, 0.1) is 13.8 Å². The van der Waals surface area contributed by atoms with E-state index in [1.165, 1.54) is 31.7 Å². The normalized spacial score (nSPS) is 10.7. The Morgan fingerprint density at radius 3 is 2.30 bits per heavy atom. The lowest BCUT2D eigenvalue weighted by molar-refractivity contribution is -0.00000466. The van der Waals surface area contributed by atoms with E-state index in [0.29, 0.717) is 0 Å². The average Bonchev–Trinajstić information content (AvgIpc) is 2.45. The maximum Gasteiger partial charge on any atom is 0.201 e. The number of hydrogen-bond donors (Lipinski definition) is 0. The molecule has 0 fully saturated rings. The van der Waals surface area contributed by atoms with Crippen LogP contribution in [0.4, 0.5) is 5.69 Å². The van der Waals surface area contributed by atoms with Crippen LogP contribution in [0.25, 0.3) is 20.8 Å². The van der Waals surface area contributed by atoms with Gasteiger partial charge in [-0.25, -0.2) is 9.56 Å². The third-order valence-electron chi connectivity index (χ3n) is 3.98. The third-order valence-corrected chi connectivity index (χ3v) is 5.04. The fourth-order valence-electron chi connectivity index (χ4n) is 2.65. The summed E-state index contributed by atoms with van der Waals surface area (Å²) < 4.78 is 3.39. The van der Waals surface area contributed by atoms with Gasteiger partial charge in [0.1, 0.15) is 14.1 Å². The summed E-state index contributed by atoms with van der Waals surface area (Å²) in [7, 11) is 8.31. The van der Waals surface area contributed by atoms with Gasteiger partial charge in [-0.1, -0.05) is 0 Å². The molecular formula is C18H22ClN3S. The summed E-state index contributed by atoms with van der Waals surface area (Å²) in [5.74, 6) is 0. The molecule has 0 saturated heterocycles. The molecule has 0 bridgehead atoms. The summed E-state index contributed by atoms with van der Waals surface area (Å²) in [6.45, 7) is 4.29. The number of halogens is 1. The summed E-state index contributed by atoms with van der Waals surface area (Å²) in [6.07, 6.45) is 0. The van der Waals surface area contributed by atoms with Crippen molar-refractivity contribution in [2.45, 2.75) is 13.8 Å². The SMILES string of the molecule is Cc1cc(=[N+](C)C)cc2sc3cc(N(C)C)cc(C)c3nc1-2.[Cl-]. The molecule has 0 radical (unpaired) electrons. The van der Waals surface area contributed by atoms with Crippen molar-refractivity contribution in [3.05, 3.63) is 40.7 Å². The smallest absolute Gasteiger partial charge is 0.201 e. The van der Waals surface area contributed by atoms with E-state index in [9.17, 15) is 0 Å². The van der Waals surface area contributed by atoms with E-state index in [1.807, 2.05) is 11.3 Å². The third kappa shape index (κ3) is 3.19. The lowest BCUT2D eigenvalue weighted by atomic mass is 10.1. The van der Waals surface area contributed by atoms with Gasteiger partial charge in [0, 0.05) is 31.9 Å². The average molecular weight is 348 g/mol. The molecule has 0 unspecified atom stereocenters. The zero-order valence-electron chi connectivity index (χ0n) is 14.4. The lowest BCUT2D eigenvalue weighted by Crippen LogP contribution is -3.00. The Hall–Kier alpha value is -1.65. The highest BCUT2D eigenvalue weighted by molar-refractivity contribution is 7.21. The maximum atomic E-state index is 4.95. The molecule has 1 aromatic rings. The highest BCUT2D eigenvalue weighted by Crippen LogP contribution is 2.34. The van der Waals surface area contributed by atoms with Gasteiger partial charge in [-0.2, -0.15) is 0 Å². The van der Waals surface area contributed by atoms with Crippen molar-refractivity contribution in [2.75, 3.05) is 33.1 Å². The Labute approximate surface area is 147 Å². The Morgan fingerprint density at radius 2 is 1.70 bits per heavy atom. The van der Waals surface area contributed by atoms with E-state index in [2.05, 4.69) is 75.8 Å². The molecule has 23 heavy (non-hydrogen) atoms. The zero-order chi connectivity index (χ0) is 16.0. The van der Waals surface area contributed by atoms with Crippen LogP contribution in [-0.4, -0.2) is 33.2 Å². The van der Waals surface area contributed by atoms with Gasteiger partial charge in [-0.15, -0.1) is 11.3 Å². The van der Waals surface area contributed by atoms with Crippen LogP contribution < -0.4 is 27.2 Å². The van der Waals surface area contributed by atoms with Crippen molar-refractivity contribution >= 4 is 27.2 Å². The molecule has 0 atom stereocenters. The van der Waals surface area contributed by atoms with Crippen molar-refractivity contribution in [3.8, 4) is 10.6 Å². The predicted octanol–water partition coefficient (Wildman–Crippen LogP) is 0.120. The van der Waals surface area contributed by atoms with Crippen LogP contribution in [0.1, 0.15) is 11.1 Å². The quantitative estimate of drug-likeness (QED) is 0.460. The first-order valence-corrected chi connectivity index (χ1v) is 8.22. The first-order chi connectivity index (χ1) is 10.4. The molecule has 122 valence electrons. The Kier molecular flexibility index (Phi) is 4.97. The van der Waals surface area contributed by atoms with Crippen LogP contribution in [-0.2, 0) is 0 Å². The molecule has 1 heterocycles. The van der Waals surface area contributed by atoms with Crippen molar-refractivity contribution in [2.24, 2.45) is 0 Å². The second-order valence-electron chi connectivity index (χ2n) is 6.22. The summed E-state index contributed by atoms with van der Waals surface area (Å²) in [5, 5.41) is 1.22. The molecule has 0 aromatic heterocycles. The summed E-state index contributed by atoms with van der Waals surface area (Å²) in [5.41, 5.74) is 5.92. The fraction of sp³-hybridized carbons (Fsp3) is 0.333. The highest BCUT2D eigenvalue weighted by atomic mass is 35.5. The van der Waals surface area contributed by atoms with E-state index in [0.717, 1.165) is 11.2 Å². The van der Waals surface area contributed by atoms with Gasteiger partial charge < -0.3 is 17.3 Å². The van der Waals surface area contributed by atoms with Crippen molar-refractivity contribution in [1.29, 1.82) is 0 Å². The number of nitrogens with zero attached hydrogens (tertiary/aromatic N) is 3. The van der Waals surface area contributed by atoms with Crippen LogP contribution in [0.2, 0.25) is 0 Å². The number of aromatic nitrogens is 1. The topological polar surface area (TPSA) is 19.1 Å². The molecule has 0 amide bonds. The number of rotatable bonds is 1. The van der Waals surface area contributed by atoms with Crippen molar-refractivity contribution < 1.29 is 12.4 Å². The Morgan fingerprint density at radius 1 is 1.00 bits per heavy atom. The number of aryl methyl sites for hydroxylation is 2. The van der Waals surface area contributed by atoms with E-state index < -0.39 is 0 Å². The summed E-state index contributed by atoms with van der Waals surface area (Å²) in [4.78, 5) is 8.34. The zero-order valence-corrected chi connectivity index (χ0v) is 16.0. The van der Waals surface area contributed by atoms with Crippen LogP contribution in [0.15, 0.2) is 24.3 Å². The van der Waals surface area contributed by atoms with Crippen LogP contribution in [0.3, 0.4) is 0 Å². The minimum absolute atomic E-state index is 0. The van der Waals surface area contributed by atoms with E-state index in [4.69, 9.17) is 4.98 Å². The molecule has 3 rings (SSSR count). The van der Waals surface area contributed by atoms with Gasteiger partial charge in [0.15, 0.2) is 0 Å². The van der Waals surface area contributed by atoms with Gasteiger partial charge in [0.05, 0.1) is 20.8 Å². The Bertz CT molecular complexity index is 908. The fourth-order valence-corrected chi connectivity index (χ4v) is 3.85. The minimum atomic E-state index is 0. The molecule has 3 nitrogen and oxygen atoms in total. The predicted molar refractivity (Wildman–Crippen MR) is 97.2 cm³/mol. The maximum absolute atomic E-state index is 4.95. The molecule has 2 aliphatic rings. The summed E-state index contributed by atoms with van der Waals surface area (Å²) >= 11 is 1.83. The molecular weight excluding hydrogens is 326 g/mol. The molecule has 1 aliphatic heterocycles. The van der Waals surface area contributed by atoms with Gasteiger partial charge in [-0.05, 0) is 37.1 Å². The van der Waals surface area contributed by atoms with Crippen molar-refractivity contribution in [1.82, 2.24) is 9.56 Å². The first kappa shape index (κ1) is 17.7. The van der Waals surface area contributed by atoms with E-state index in [-0.39, 0.29) is 12.4 Å². The molecule has 0 N–H and O–H groups in total. The van der Waals surface area contributed by atoms with Crippen molar-refractivity contribution in [3.63, 3.8) is 0 Å². The molecule has 0 spiro atoms. The monoisotopic (exact) mass is 347 g/mol. The van der Waals surface area contributed by atoms with Gasteiger partial charge in [0.2, 0.25) is 5.36 Å². The van der Waals surface area contributed by atoms with E-state index >= 15 is 0 Å². The minimum Gasteiger partial charge on any atom is -1.00 e. The Balaban J connectivity index is 0.00000192. The number of fused-ring (bicyclic) bond motifs is 2. The molecule has 5 heteroatoms. The van der Waals surface area contributed by atoms with Crippen LogP contribution >= 0.6 is 11.3 Å². The summed E-state index contributed by atoms with van der Waals surface area (Å²) in [6, 6.07) is 8.88. The van der Waals surface area contributed by atoms with Gasteiger partial charge >= 0.3 is 0 Å². The van der Waals surface area contributed by atoms with Gasteiger partial charge in [-0.3, -0.25) is 0 Å². The first-order valence-electron chi connectivity index (χ1n) is 7.40. The standard InChI is InChI=1S/C18H22N3S.ClH/c1-11-7-13(20(3)4)9-15-17(11)19-18-12(2)8-14(21(5)6)10-16(18)22-15;/h7-10H,1-6H3;1H/q+1;/p-1. The second kappa shape index (κ2) is 6.46. The number of anilines is 1. The van der Waals surface area contributed by atoms with Crippen LogP contribution in [0.5, 0.6) is 0 Å². The lowest BCUT2D eigenvalue weighted by Gasteiger charge is -2.16. The number of benzene rings is 2. The van der Waals surface area contributed by atoms with E-state index in [1.54, 1.807) is 0 Å². The van der Waals surface area contributed by atoms with Gasteiger partial charge in [0.25, 0.3) is 0 Å². The molecule has 1 aliphatic carbocycles. The highest BCUT2D eigenvalue weighted by Gasteiger charge is 2.14. The second-order valence-corrected chi connectivity index (χ2v) is 7.31. The largest absolute Gasteiger partial charge is 1.00 e. The molecule has 0 saturated carbocycles. The number of hydrogen-bond acceptors (Lipinski definition) is 3. The molecule has 1 aromatic carbocycles.